The summed E-state index contributed by atoms with van der Waals surface area (Å²) < 4.78 is 13.3. The molecule has 0 aromatic heterocycles. The molecule has 6 heteroatoms. The SMILES string of the molecule is O=C1N(c2ccc(Cl)cc2)[C@H](c2ccc(F)cc2)N2CCCN12. The number of carbonyl (C=O) groups excluding carboxylic acids is 1. The molecule has 0 unspecified atom stereocenters. The second-order valence-corrected chi connectivity index (χ2v) is 6.13. The van der Waals surface area contributed by atoms with Crippen LogP contribution in [0.3, 0.4) is 0 Å². The Hall–Kier alpha value is -2.11. The van der Waals surface area contributed by atoms with Crippen LogP contribution in [0.5, 0.6) is 0 Å². The summed E-state index contributed by atoms with van der Waals surface area (Å²) in [6.45, 7) is 1.51. The zero-order valence-corrected chi connectivity index (χ0v) is 13.1. The number of hydrazine groups is 1. The third-order valence-electron chi connectivity index (χ3n) is 4.29. The maximum absolute atomic E-state index is 13.3. The van der Waals surface area contributed by atoms with Gasteiger partial charge in [-0.2, -0.15) is 5.01 Å². The van der Waals surface area contributed by atoms with Crippen molar-refractivity contribution >= 4 is 23.3 Å². The normalized spacial score (nSPS) is 21.1. The van der Waals surface area contributed by atoms with E-state index < -0.39 is 0 Å². The number of hydrogen-bond donors (Lipinski definition) is 0. The first-order chi connectivity index (χ1) is 11.1. The zero-order chi connectivity index (χ0) is 16.0. The highest BCUT2D eigenvalue weighted by atomic mass is 35.5. The van der Waals surface area contributed by atoms with Crippen molar-refractivity contribution in [3.8, 4) is 0 Å². The number of rotatable bonds is 2. The van der Waals surface area contributed by atoms with Crippen molar-refractivity contribution < 1.29 is 9.18 Å². The molecule has 2 aliphatic heterocycles. The minimum atomic E-state index is -0.283. The predicted molar refractivity (Wildman–Crippen MR) is 86.5 cm³/mol. The van der Waals surface area contributed by atoms with Crippen LogP contribution < -0.4 is 4.90 Å². The largest absolute Gasteiger partial charge is 0.340 e. The van der Waals surface area contributed by atoms with Gasteiger partial charge in [0.05, 0.1) is 0 Å². The Morgan fingerprint density at radius 2 is 1.70 bits per heavy atom. The molecular weight excluding hydrogens is 317 g/mol. The van der Waals surface area contributed by atoms with Gasteiger partial charge >= 0.3 is 6.03 Å². The number of hydrogen-bond acceptors (Lipinski definition) is 2. The molecule has 2 aromatic carbocycles. The second-order valence-electron chi connectivity index (χ2n) is 5.69. The minimum absolute atomic E-state index is 0.0563. The third-order valence-corrected chi connectivity index (χ3v) is 4.55. The Balaban J connectivity index is 1.79. The van der Waals surface area contributed by atoms with Crippen LogP contribution >= 0.6 is 11.6 Å². The standard InChI is InChI=1S/C17H15ClFN3O/c18-13-4-8-15(9-5-13)22-16(12-2-6-14(19)7-3-12)20-10-1-11-21(20)17(22)23/h2-9,16H,1,10-11H2/t16-/m1/s1. The highest BCUT2D eigenvalue weighted by Crippen LogP contribution is 2.40. The first-order valence-electron chi connectivity index (χ1n) is 7.53. The number of fused-ring (bicyclic) bond motifs is 1. The summed E-state index contributed by atoms with van der Waals surface area (Å²) >= 11 is 5.96. The molecule has 2 amide bonds. The summed E-state index contributed by atoms with van der Waals surface area (Å²) in [6, 6.07) is 13.5. The van der Waals surface area contributed by atoms with Gasteiger partial charge in [-0.05, 0) is 48.4 Å². The monoisotopic (exact) mass is 331 g/mol. The molecule has 2 fully saturated rings. The van der Waals surface area contributed by atoms with Crippen molar-refractivity contribution in [2.45, 2.75) is 12.6 Å². The zero-order valence-electron chi connectivity index (χ0n) is 12.3. The van der Waals surface area contributed by atoms with E-state index in [0.717, 1.165) is 24.2 Å². The van der Waals surface area contributed by atoms with Gasteiger partial charge in [0.15, 0.2) is 0 Å². The smallest absolute Gasteiger partial charge is 0.271 e. The van der Waals surface area contributed by atoms with E-state index >= 15 is 0 Å². The van der Waals surface area contributed by atoms with Crippen molar-refractivity contribution in [3.05, 3.63) is 64.9 Å². The lowest BCUT2D eigenvalue weighted by atomic mass is 10.1. The van der Waals surface area contributed by atoms with E-state index in [-0.39, 0.29) is 18.0 Å². The fourth-order valence-corrected chi connectivity index (χ4v) is 3.39. The van der Waals surface area contributed by atoms with Crippen LogP contribution in [0.15, 0.2) is 48.5 Å². The average molecular weight is 332 g/mol. The lowest BCUT2D eigenvalue weighted by molar-refractivity contribution is 0.0727. The van der Waals surface area contributed by atoms with Gasteiger partial charge in [-0.15, -0.1) is 0 Å². The molecule has 0 N–H and O–H groups in total. The van der Waals surface area contributed by atoms with Gasteiger partial charge in [0.2, 0.25) is 0 Å². The lowest BCUT2D eigenvalue weighted by Gasteiger charge is -2.28. The van der Waals surface area contributed by atoms with E-state index in [9.17, 15) is 9.18 Å². The number of urea groups is 1. The predicted octanol–water partition coefficient (Wildman–Crippen LogP) is 4.04. The molecule has 118 valence electrons. The van der Waals surface area contributed by atoms with Crippen molar-refractivity contribution in [2.24, 2.45) is 0 Å². The average Bonchev–Trinajstić information content (AvgIpc) is 3.12. The highest BCUT2D eigenvalue weighted by molar-refractivity contribution is 6.30. The van der Waals surface area contributed by atoms with Crippen LogP contribution in [-0.4, -0.2) is 29.1 Å². The summed E-state index contributed by atoms with van der Waals surface area (Å²) in [6.07, 6.45) is 0.685. The third kappa shape index (κ3) is 2.36. The van der Waals surface area contributed by atoms with Gasteiger partial charge in [0.1, 0.15) is 12.0 Å². The molecule has 2 saturated heterocycles. The number of anilines is 1. The molecule has 0 radical (unpaired) electrons. The molecular formula is C17H15ClFN3O. The van der Waals surface area contributed by atoms with Gasteiger partial charge in [0, 0.05) is 23.8 Å². The maximum atomic E-state index is 13.3. The van der Waals surface area contributed by atoms with Gasteiger partial charge in [0.25, 0.3) is 0 Å². The summed E-state index contributed by atoms with van der Waals surface area (Å²) in [5.41, 5.74) is 1.67. The topological polar surface area (TPSA) is 26.8 Å². The quantitative estimate of drug-likeness (QED) is 0.830. The minimum Gasteiger partial charge on any atom is -0.271 e. The second kappa shape index (κ2) is 5.51. The van der Waals surface area contributed by atoms with Crippen LogP contribution in [0.25, 0.3) is 0 Å². The molecule has 2 heterocycles. The van der Waals surface area contributed by atoms with Crippen LogP contribution in [-0.2, 0) is 0 Å². The summed E-state index contributed by atoms with van der Waals surface area (Å²) in [4.78, 5) is 14.6. The van der Waals surface area contributed by atoms with Crippen molar-refractivity contribution in [1.29, 1.82) is 0 Å². The van der Waals surface area contributed by atoms with E-state index in [1.807, 2.05) is 17.1 Å². The van der Waals surface area contributed by atoms with Crippen molar-refractivity contribution in [3.63, 3.8) is 0 Å². The molecule has 1 atom stereocenters. The summed E-state index contributed by atoms with van der Waals surface area (Å²) in [5.74, 6) is -0.283. The van der Waals surface area contributed by atoms with Crippen LogP contribution in [0.4, 0.5) is 14.9 Å². The molecule has 0 bridgehead atoms. The van der Waals surface area contributed by atoms with Crippen molar-refractivity contribution in [2.75, 3.05) is 18.0 Å². The van der Waals surface area contributed by atoms with Gasteiger partial charge < -0.3 is 0 Å². The van der Waals surface area contributed by atoms with E-state index in [0.29, 0.717) is 11.6 Å². The molecule has 2 aromatic rings. The molecule has 2 aliphatic rings. The number of nitrogens with zero attached hydrogens (tertiary/aromatic N) is 3. The molecule has 23 heavy (non-hydrogen) atoms. The molecule has 0 aliphatic carbocycles. The number of amides is 2. The van der Waals surface area contributed by atoms with Crippen LogP contribution in [0.2, 0.25) is 5.02 Å². The Morgan fingerprint density at radius 3 is 2.39 bits per heavy atom. The van der Waals surface area contributed by atoms with E-state index in [2.05, 4.69) is 0 Å². The van der Waals surface area contributed by atoms with E-state index in [1.165, 1.54) is 12.1 Å². The number of benzene rings is 2. The maximum Gasteiger partial charge on any atom is 0.340 e. The first kappa shape index (κ1) is 14.5. The Labute approximate surface area is 138 Å². The summed E-state index contributed by atoms with van der Waals surface area (Å²) in [5, 5.41) is 4.44. The van der Waals surface area contributed by atoms with E-state index in [4.69, 9.17) is 11.6 Å². The highest BCUT2D eigenvalue weighted by Gasteiger charge is 2.47. The number of carbonyl (C=O) groups is 1. The Morgan fingerprint density at radius 1 is 1.00 bits per heavy atom. The molecule has 4 nitrogen and oxygen atoms in total. The molecule has 0 spiro atoms. The fourth-order valence-electron chi connectivity index (χ4n) is 3.26. The first-order valence-corrected chi connectivity index (χ1v) is 7.91. The molecule has 0 saturated carbocycles. The van der Waals surface area contributed by atoms with Gasteiger partial charge in [-0.25, -0.2) is 9.18 Å². The van der Waals surface area contributed by atoms with Crippen LogP contribution in [0, 0.1) is 5.82 Å². The van der Waals surface area contributed by atoms with E-state index in [1.54, 1.807) is 34.2 Å². The van der Waals surface area contributed by atoms with Gasteiger partial charge in [-0.3, -0.25) is 9.91 Å². The molecule has 4 rings (SSSR count). The van der Waals surface area contributed by atoms with Crippen LogP contribution in [0.1, 0.15) is 18.2 Å². The fraction of sp³-hybridized carbons (Fsp3) is 0.235. The van der Waals surface area contributed by atoms with Crippen molar-refractivity contribution in [1.82, 2.24) is 10.0 Å². The Kier molecular flexibility index (Phi) is 3.47. The number of halogens is 2. The lowest BCUT2D eigenvalue weighted by Crippen LogP contribution is -2.32. The Bertz CT molecular complexity index is 735. The van der Waals surface area contributed by atoms with Gasteiger partial charge in [-0.1, -0.05) is 23.7 Å². The summed E-state index contributed by atoms with van der Waals surface area (Å²) in [7, 11) is 0.